The molecule has 0 saturated carbocycles. The van der Waals surface area contributed by atoms with Gasteiger partial charge in [0.05, 0.1) is 0 Å². The van der Waals surface area contributed by atoms with E-state index in [4.69, 9.17) is 0 Å². The Morgan fingerprint density at radius 3 is 2.50 bits per heavy atom. The summed E-state index contributed by atoms with van der Waals surface area (Å²) >= 11 is 0. The lowest BCUT2D eigenvalue weighted by atomic mass is 9.89. The van der Waals surface area contributed by atoms with E-state index in [1.165, 1.54) is 19.9 Å². The summed E-state index contributed by atoms with van der Waals surface area (Å²) in [6, 6.07) is -0.681. The van der Waals surface area contributed by atoms with Crippen molar-refractivity contribution in [3.05, 3.63) is 12.7 Å². The molecule has 0 aliphatic carbocycles. The highest BCUT2D eigenvalue weighted by Crippen LogP contribution is 2.22. The quantitative estimate of drug-likeness (QED) is 0.509. The zero-order valence-corrected chi connectivity index (χ0v) is 8.16. The van der Waals surface area contributed by atoms with Crippen LogP contribution in [0.2, 0.25) is 0 Å². The molecule has 0 aromatic carbocycles. The molecule has 0 spiro atoms. The van der Waals surface area contributed by atoms with E-state index < -0.39 is 23.3 Å². The molecule has 5 nitrogen and oxygen atoms in total. The van der Waals surface area contributed by atoms with Crippen molar-refractivity contribution in [2.45, 2.75) is 13.8 Å². The van der Waals surface area contributed by atoms with Crippen molar-refractivity contribution in [2.24, 2.45) is 5.41 Å². The Morgan fingerprint density at radius 2 is 2.00 bits per heavy atom. The van der Waals surface area contributed by atoms with Gasteiger partial charge in [-0.15, -0.1) is 6.58 Å². The van der Waals surface area contributed by atoms with E-state index in [0.29, 0.717) is 0 Å². The summed E-state index contributed by atoms with van der Waals surface area (Å²) in [7, 11) is 0. The third-order valence-electron chi connectivity index (χ3n) is 2.12. The van der Waals surface area contributed by atoms with E-state index in [1.807, 2.05) is 0 Å². The monoisotopic (exact) mass is 196 g/mol. The molecule has 0 unspecified atom stereocenters. The molecule has 1 aliphatic rings. The van der Waals surface area contributed by atoms with Gasteiger partial charge >= 0.3 is 6.03 Å². The molecule has 0 aromatic rings. The lowest BCUT2D eigenvalue weighted by Crippen LogP contribution is -2.61. The highest BCUT2D eigenvalue weighted by atomic mass is 16.2. The molecule has 0 bridgehead atoms. The van der Waals surface area contributed by atoms with Crippen molar-refractivity contribution >= 4 is 17.8 Å². The van der Waals surface area contributed by atoms with E-state index in [0.717, 1.165) is 4.90 Å². The van der Waals surface area contributed by atoms with Crippen LogP contribution < -0.4 is 5.32 Å². The van der Waals surface area contributed by atoms with E-state index in [-0.39, 0.29) is 6.54 Å². The Labute approximate surface area is 81.8 Å². The van der Waals surface area contributed by atoms with Crippen LogP contribution in [-0.4, -0.2) is 29.3 Å². The second-order valence-electron chi connectivity index (χ2n) is 3.59. The molecular weight excluding hydrogens is 184 g/mol. The van der Waals surface area contributed by atoms with Crippen molar-refractivity contribution in [2.75, 3.05) is 6.54 Å². The van der Waals surface area contributed by atoms with Crippen molar-refractivity contribution in [1.29, 1.82) is 0 Å². The fourth-order valence-electron chi connectivity index (χ4n) is 1.14. The standard InChI is InChI=1S/C9H12N2O3/c1-4-5-11-7(13)9(2,3)6(12)10-8(11)14/h4H,1,5H2,2-3H3,(H,10,12,14). The minimum Gasteiger partial charge on any atom is -0.277 e. The number of urea groups is 1. The van der Waals surface area contributed by atoms with Crippen LogP contribution in [0.1, 0.15) is 13.8 Å². The zero-order chi connectivity index (χ0) is 10.9. The van der Waals surface area contributed by atoms with Gasteiger partial charge in [0.25, 0.3) is 0 Å². The first kappa shape index (κ1) is 10.4. The molecule has 0 aromatic heterocycles. The van der Waals surface area contributed by atoms with E-state index in [9.17, 15) is 14.4 Å². The molecule has 4 amide bonds. The molecule has 76 valence electrons. The Kier molecular flexibility index (Phi) is 2.42. The van der Waals surface area contributed by atoms with Gasteiger partial charge in [0.2, 0.25) is 11.8 Å². The summed E-state index contributed by atoms with van der Waals surface area (Å²) in [5.74, 6) is -1.06. The van der Waals surface area contributed by atoms with Gasteiger partial charge < -0.3 is 0 Å². The largest absolute Gasteiger partial charge is 0.331 e. The van der Waals surface area contributed by atoms with Gasteiger partial charge in [-0.2, -0.15) is 0 Å². The zero-order valence-electron chi connectivity index (χ0n) is 8.16. The number of hydrogen-bond donors (Lipinski definition) is 1. The minimum atomic E-state index is -1.18. The van der Waals surface area contributed by atoms with Gasteiger partial charge in [0, 0.05) is 6.54 Å². The number of imide groups is 2. The maximum Gasteiger partial charge on any atom is 0.331 e. The third-order valence-corrected chi connectivity index (χ3v) is 2.12. The highest BCUT2D eigenvalue weighted by Gasteiger charge is 2.46. The summed E-state index contributed by atoms with van der Waals surface area (Å²) in [6.07, 6.45) is 1.43. The second kappa shape index (κ2) is 3.25. The summed E-state index contributed by atoms with van der Waals surface area (Å²) in [5.41, 5.74) is -1.18. The smallest absolute Gasteiger partial charge is 0.277 e. The second-order valence-corrected chi connectivity index (χ2v) is 3.59. The predicted octanol–water partition coefficient (Wildman–Crippen LogP) is 0.277. The van der Waals surface area contributed by atoms with Crippen LogP contribution in [0.5, 0.6) is 0 Å². The summed E-state index contributed by atoms with van der Waals surface area (Å²) in [6.45, 7) is 6.50. The number of barbiturate groups is 1. The Hall–Kier alpha value is -1.65. The van der Waals surface area contributed by atoms with E-state index in [1.54, 1.807) is 0 Å². The SMILES string of the molecule is C=CCN1C(=O)NC(=O)C(C)(C)C1=O. The lowest BCUT2D eigenvalue weighted by Gasteiger charge is -2.33. The normalized spacial score (nSPS) is 20.7. The molecule has 1 aliphatic heterocycles. The number of carbonyl (C=O) groups excluding carboxylic acids is 3. The Morgan fingerprint density at radius 1 is 1.43 bits per heavy atom. The molecule has 1 heterocycles. The number of nitrogens with one attached hydrogen (secondary N) is 1. The van der Waals surface area contributed by atoms with Gasteiger partial charge in [0.15, 0.2) is 0 Å². The summed E-state index contributed by atoms with van der Waals surface area (Å²) in [5, 5.41) is 2.11. The first-order chi connectivity index (χ1) is 6.41. The molecule has 0 atom stereocenters. The van der Waals surface area contributed by atoms with Crippen LogP contribution >= 0.6 is 0 Å². The Balaban J connectivity index is 3.00. The van der Waals surface area contributed by atoms with Crippen LogP contribution in [-0.2, 0) is 9.59 Å². The van der Waals surface area contributed by atoms with Gasteiger partial charge in [-0.25, -0.2) is 4.79 Å². The van der Waals surface area contributed by atoms with Crippen molar-refractivity contribution in [1.82, 2.24) is 10.2 Å². The fraction of sp³-hybridized carbons (Fsp3) is 0.444. The molecule has 1 fully saturated rings. The molecule has 0 radical (unpaired) electrons. The van der Waals surface area contributed by atoms with Gasteiger partial charge in [-0.05, 0) is 13.8 Å². The van der Waals surface area contributed by atoms with Crippen LogP contribution in [0.25, 0.3) is 0 Å². The molecule has 1 N–H and O–H groups in total. The number of nitrogens with zero attached hydrogens (tertiary/aromatic N) is 1. The van der Waals surface area contributed by atoms with Gasteiger partial charge in [-0.3, -0.25) is 19.8 Å². The number of carbonyl (C=O) groups is 3. The van der Waals surface area contributed by atoms with E-state index >= 15 is 0 Å². The van der Waals surface area contributed by atoms with E-state index in [2.05, 4.69) is 11.9 Å². The third kappa shape index (κ3) is 1.41. The van der Waals surface area contributed by atoms with Crippen LogP contribution in [0.4, 0.5) is 4.79 Å². The number of hydrogen-bond acceptors (Lipinski definition) is 3. The van der Waals surface area contributed by atoms with Crippen LogP contribution in [0.15, 0.2) is 12.7 Å². The summed E-state index contributed by atoms with van der Waals surface area (Å²) < 4.78 is 0. The van der Waals surface area contributed by atoms with Crippen molar-refractivity contribution in [3.63, 3.8) is 0 Å². The predicted molar refractivity (Wildman–Crippen MR) is 49.2 cm³/mol. The average Bonchev–Trinajstić information content (AvgIpc) is 2.10. The topological polar surface area (TPSA) is 66.5 Å². The van der Waals surface area contributed by atoms with Crippen LogP contribution in [0.3, 0.4) is 0 Å². The Bertz CT molecular complexity index is 320. The fourth-order valence-corrected chi connectivity index (χ4v) is 1.14. The molecule has 14 heavy (non-hydrogen) atoms. The first-order valence-corrected chi connectivity index (χ1v) is 4.19. The highest BCUT2D eigenvalue weighted by molar-refractivity contribution is 6.18. The molecule has 5 heteroatoms. The number of amides is 4. The van der Waals surface area contributed by atoms with Crippen LogP contribution in [0, 0.1) is 5.41 Å². The summed E-state index contributed by atoms with van der Waals surface area (Å²) in [4.78, 5) is 35.1. The van der Waals surface area contributed by atoms with Crippen molar-refractivity contribution < 1.29 is 14.4 Å². The first-order valence-electron chi connectivity index (χ1n) is 4.19. The maximum atomic E-state index is 11.7. The molecular formula is C9H12N2O3. The molecule has 1 rings (SSSR count). The average molecular weight is 196 g/mol. The number of rotatable bonds is 2. The minimum absolute atomic E-state index is 0.112. The molecule has 1 saturated heterocycles. The van der Waals surface area contributed by atoms with Gasteiger partial charge in [0.1, 0.15) is 5.41 Å². The van der Waals surface area contributed by atoms with Crippen molar-refractivity contribution in [3.8, 4) is 0 Å². The maximum absolute atomic E-state index is 11.7. The lowest BCUT2D eigenvalue weighted by molar-refractivity contribution is -0.148. The van der Waals surface area contributed by atoms with Gasteiger partial charge in [-0.1, -0.05) is 6.08 Å².